The Hall–Kier alpha value is -9.80. The van der Waals surface area contributed by atoms with E-state index in [-0.39, 0.29) is 103 Å². The number of ether oxygens (including phenoxy) is 2. The molecule has 13 rings (SSSR count). The number of pyridine rings is 1. The van der Waals surface area contributed by atoms with Crippen LogP contribution in [-0.4, -0.2) is 174 Å². The van der Waals surface area contributed by atoms with Crippen LogP contribution in [-0.2, 0) is 70.9 Å². The Balaban J connectivity index is 0.621. The lowest BCUT2D eigenvalue weighted by Gasteiger charge is -2.69. The summed E-state index contributed by atoms with van der Waals surface area (Å²) in [7, 11) is 0. The Bertz CT molecular complexity index is 4290. The zero-order valence-electron chi connectivity index (χ0n) is 62.5. The molecule has 108 heavy (non-hydrogen) atoms. The Labute approximate surface area is 633 Å². The number of nitrogens with zero attached hydrogens (tertiary/aromatic N) is 8. The average Bonchev–Trinajstić information content (AvgIpc) is 0.706. The van der Waals surface area contributed by atoms with Gasteiger partial charge < -0.3 is 61.8 Å². The van der Waals surface area contributed by atoms with E-state index in [1.165, 1.54) is 28.8 Å². The van der Waals surface area contributed by atoms with Gasteiger partial charge >= 0.3 is 24.1 Å². The number of carbonyl (C=O) groups excluding carboxylic acids is 7. The molecule has 4 aliphatic carbocycles. The molecule has 4 atom stereocenters. The molecule has 0 spiro atoms. The van der Waals surface area contributed by atoms with E-state index in [2.05, 4.69) is 79.2 Å². The lowest BCUT2D eigenvalue weighted by molar-refractivity contribution is -0.249. The van der Waals surface area contributed by atoms with Crippen LogP contribution in [0.2, 0.25) is 0 Å². The number of nitrogens with one attached hydrogen (secondary N) is 5. The summed E-state index contributed by atoms with van der Waals surface area (Å²) in [6.07, 6.45) is 14.4. The molecule has 9 N–H and O–H groups in total. The number of para-hydroxylation sites is 1. The first kappa shape index (κ1) is 77.8. The number of nitrogens with two attached hydrogens (primary N) is 1. The van der Waals surface area contributed by atoms with Crippen molar-refractivity contribution in [1.82, 2.24) is 50.4 Å². The molecule has 6 heterocycles. The molecule has 4 bridgehead atoms. The summed E-state index contributed by atoms with van der Waals surface area (Å²) < 4.78 is 16.3. The maximum absolute atomic E-state index is 13.9. The second kappa shape index (κ2) is 33.8. The van der Waals surface area contributed by atoms with Crippen LogP contribution >= 0.6 is 11.3 Å². The van der Waals surface area contributed by atoms with Crippen LogP contribution in [0.4, 0.5) is 26.2 Å². The normalized spacial score (nSPS) is 21.5. The standard InChI is InChI=1S/C80H102N14O13S/c1-51(2)69(89-65(95)19-7-6-10-34-93-66(96)27-28-67(93)97)72(101)86-62(17-12-32-82-74(81)104)71(100)85-56-23-21-53(22-24-56)43-106-76(105)91-36-30-57(31-37-91)90(33-13-20-68(98)99)38-39-107-80-47-77(4)44-78(5,48-80)46-79(45-77,49-80)50-94-52(3)59(41-84-94)58-25-26-64(88-70(58)73(102)103)92-35-29-54-14-11-15-55(60(54)42-92)40-83-75-87-61-16-8-9-18-63(61)108-75/h8-9,11,14-16,18,21-28,41,51,57,62,69H,6-7,10,12-13,17,19-20,29-40,42-50H2,1-5H3,(H,83,87)(H,85,100)(H,86,101)(H,89,95)(H,98,99)(H,102,103)(H3,81,82,104)/t62-,69-,77?,78?,79?,80?/m0/s1. The first-order valence-corrected chi connectivity index (χ1v) is 38.8. The summed E-state index contributed by atoms with van der Waals surface area (Å²) in [4.78, 5) is 132. The number of aliphatic carboxylic acids is 1. The minimum absolute atomic E-state index is 0.00849. The van der Waals surface area contributed by atoms with Crippen LogP contribution in [0, 0.1) is 29.1 Å². The van der Waals surface area contributed by atoms with Crippen molar-refractivity contribution < 1.29 is 62.8 Å². The Morgan fingerprint density at radius 2 is 1.53 bits per heavy atom. The van der Waals surface area contributed by atoms with Gasteiger partial charge in [0, 0.05) is 112 Å². The van der Waals surface area contributed by atoms with Gasteiger partial charge in [-0.2, -0.15) is 5.10 Å². The number of rotatable bonds is 35. The van der Waals surface area contributed by atoms with Gasteiger partial charge in [-0.1, -0.05) is 87.9 Å². The minimum atomic E-state index is -1.10. The number of unbranched alkanes of at least 4 members (excludes halogenated alkanes) is 2. The third kappa shape index (κ3) is 19.0. The van der Waals surface area contributed by atoms with E-state index in [1.54, 1.807) is 60.5 Å². The number of fused-ring (bicyclic) bond motifs is 2. The summed E-state index contributed by atoms with van der Waals surface area (Å²) in [6.45, 7) is 15.8. The Morgan fingerprint density at radius 3 is 2.24 bits per heavy atom. The SMILES string of the molecule is Cc1c(-c2ccc(N3CCc4cccc(CNc5nc6ccccc6s5)c4C3)nc2C(=O)O)cnn1CC12CC3(C)CC(C)(C1)CC(OCCN(CCCC(=O)O)C1CCN(C(=O)OCc4ccc(NC(=O)[C@H](CCCNC(N)=O)NC(=O)[C@@H](NC(=O)CCCCCN5C(=O)C=CC5=O)C(C)C)cc4)CC1)(C3)C2. The van der Waals surface area contributed by atoms with Crippen LogP contribution in [0.5, 0.6) is 0 Å². The van der Waals surface area contributed by atoms with Gasteiger partial charge in [0.15, 0.2) is 10.8 Å². The highest BCUT2D eigenvalue weighted by atomic mass is 32.1. The molecular formula is C80H102N14O13S. The fraction of sp³-hybridized carbons (Fsp3) is 0.525. The fourth-order valence-electron chi connectivity index (χ4n) is 18.5. The molecule has 7 aliphatic rings. The molecule has 1 saturated heterocycles. The summed E-state index contributed by atoms with van der Waals surface area (Å²) in [6, 6.07) is 22.4. The van der Waals surface area contributed by atoms with Gasteiger partial charge in [0.2, 0.25) is 17.7 Å². The first-order valence-electron chi connectivity index (χ1n) is 38.0. The lowest BCUT2D eigenvalue weighted by Crippen LogP contribution is -2.64. The van der Waals surface area contributed by atoms with Crippen molar-refractivity contribution in [3.05, 3.63) is 131 Å². The van der Waals surface area contributed by atoms with Crippen molar-refractivity contribution in [3.8, 4) is 11.1 Å². The molecule has 28 heteroatoms. The van der Waals surface area contributed by atoms with Crippen molar-refractivity contribution in [1.29, 1.82) is 0 Å². The molecule has 3 aromatic heterocycles. The van der Waals surface area contributed by atoms with Gasteiger partial charge in [-0.05, 0) is 184 Å². The van der Waals surface area contributed by atoms with E-state index in [4.69, 9.17) is 30.3 Å². The number of aromatic nitrogens is 4. The molecule has 6 aromatic rings. The third-order valence-corrected chi connectivity index (χ3v) is 23.5. The van der Waals surface area contributed by atoms with Gasteiger partial charge in [-0.15, -0.1) is 0 Å². The quantitative estimate of drug-likeness (QED) is 0.0135. The van der Waals surface area contributed by atoms with E-state index in [9.17, 15) is 53.4 Å². The van der Waals surface area contributed by atoms with Crippen molar-refractivity contribution in [2.24, 2.45) is 27.9 Å². The maximum Gasteiger partial charge on any atom is 0.410 e. The third-order valence-electron chi connectivity index (χ3n) is 22.5. The fourth-order valence-corrected chi connectivity index (χ4v) is 19.4. The number of hydrogen-bond acceptors (Lipinski definition) is 18. The van der Waals surface area contributed by atoms with Crippen LogP contribution in [0.25, 0.3) is 21.3 Å². The molecule has 27 nitrogen and oxygen atoms in total. The molecule has 0 radical (unpaired) electrons. The molecular weight excluding hydrogens is 1400 g/mol. The van der Waals surface area contributed by atoms with Crippen molar-refractivity contribution in [2.75, 3.05) is 68.0 Å². The number of carbonyl (C=O) groups is 9. The van der Waals surface area contributed by atoms with Gasteiger partial charge in [0.25, 0.3) is 11.8 Å². The van der Waals surface area contributed by atoms with E-state index in [0.717, 1.165) is 76.5 Å². The average molecular weight is 1500 g/mol. The Kier molecular flexibility index (Phi) is 24.3. The number of anilines is 3. The highest BCUT2D eigenvalue weighted by Crippen LogP contribution is 2.72. The predicted molar refractivity (Wildman–Crippen MR) is 408 cm³/mol. The van der Waals surface area contributed by atoms with Gasteiger partial charge in [0.05, 0.1) is 28.6 Å². The van der Waals surface area contributed by atoms with E-state index < -0.39 is 48.0 Å². The number of urea groups is 1. The molecule has 3 aromatic carbocycles. The molecule has 576 valence electrons. The number of carboxylic acids is 2. The summed E-state index contributed by atoms with van der Waals surface area (Å²) in [5.74, 6) is -3.88. The largest absolute Gasteiger partial charge is 0.481 e. The van der Waals surface area contributed by atoms with Crippen LogP contribution in [0.15, 0.2) is 97.2 Å². The number of amides is 8. The number of benzene rings is 3. The minimum Gasteiger partial charge on any atom is -0.481 e. The summed E-state index contributed by atoms with van der Waals surface area (Å²) >= 11 is 1.63. The Morgan fingerprint density at radius 1 is 0.778 bits per heavy atom. The zero-order valence-corrected chi connectivity index (χ0v) is 63.3. The predicted octanol–water partition coefficient (Wildman–Crippen LogP) is 10.3. The van der Waals surface area contributed by atoms with E-state index >= 15 is 0 Å². The lowest BCUT2D eigenvalue weighted by atomic mass is 9.39. The number of primary amides is 1. The zero-order chi connectivity index (χ0) is 76.5. The molecule has 3 aliphatic heterocycles. The number of aromatic carboxylic acids is 1. The van der Waals surface area contributed by atoms with Crippen molar-refractivity contribution in [2.45, 2.75) is 194 Å². The van der Waals surface area contributed by atoms with Crippen molar-refractivity contribution >= 4 is 91.8 Å². The highest BCUT2D eigenvalue weighted by Gasteiger charge is 2.66. The summed E-state index contributed by atoms with van der Waals surface area (Å²) in [5, 5.41) is 40.9. The molecule has 8 amide bonds. The number of piperidine rings is 1. The smallest absolute Gasteiger partial charge is 0.410 e. The number of hydrogen-bond donors (Lipinski definition) is 8. The van der Waals surface area contributed by atoms with Crippen molar-refractivity contribution in [3.63, 3.8) is 0 Å². The first-order chi connectivity index (χ1) is 51.7. The topological polar surface area (TPSA) is 355 Å². The van der Waals surface area contributed by atoms with E-state index in [1.807, 2.05) is 37.3 Å². The van der Waals surface area contributed by atoms with Crippen LogP contribution < -0.4 is 37.2 Å². The summed E-state index contributed by atoms with van der Waals surface area (Å²) in [5.41, 5.74) is 12.7. The van der Waals surface area contributed by atoms with Gasteiger partial charge in [-0.25, -0.2) is 24.4 Å². The number of carboxylic acid groups (broad SMARTS) is 2. The number of likely N-dealkylation sites (tertiary alicyclic amines) is 1. The second-order valence-electron chi connectivity index (χ2n) is 31.7. The monoisotopic (exact) mass is 1500 g/mol. The molecule has 2 unspecified atom stereocenters. The molecule has 5 fully saturated rings. The van der Waals surface area contributed by atoms with Crippen LogP contribution in [0.1, 0.15) is 169 Å². The van der Waals surface area contributed by atoms with E-state index in [0.29, 0.717) is 120 Å². The number of imide groups is 1. The van der Waals surface area contributed by atoms with Gasteiger partial charge in [-0.3, -0.25) is 43.2 Å². The maximum atomic E-state index is 13.9. The highest BCUT2D eigenvalue weighted by molar-refractivity contribution is 7.22. The molecule has 4 saturated carbocycles. The second-order valence-corrected chi connectivity index (χ2v) is 32.7. The number of thiazole rings is 1. The van der Waals surface area contributed by atoms with Crippen LogP contribution in [0.3, 0.4) is 0 Å². The van der Waals surface area contributed by atoms with Gasteiger partial charge in [0.1, 0.15) is 24.5 Å².